The number of thioether (sulfide) groups is 1. The van der Waals surface area contributed by atoms with E-state index in [1.165, 1.54) is 13.5 Å². The summed E-state index contributed by atoms with van der Waals surface area (Å²) in [6.07, 6.45) is 4.75. The summed E-state index contributed by atoms with van der Waals surface area (Å²) in [7, 11) is 1.48. The molecule has 1 aliphatic carbocycles. The van der Waals surface area contributed by atoms with Crippen molar-refractivity contribution in [2.45, 2.75) is 63.7 Å². The molecule has 2 aliphatic rings. The van der Waals surface area contributed by atoms with Gasteiger partial charge in [-0.2, -0.15) is 0 Å². The van der Waals surface area contributed by atoms with Crippen LogP contribution in [0, 0.1) is 17.8 Å². The van der Waals surface area contributed by atoms with Crippen LogP contribution in [0.3, 0.4) is 0 Å². The third kappa shape index (κ3) is 4.60. The highest BCUT2D eigenvalue weighted by Gasteiger charge is 2.33. The maximum absolute atomic E-state index is 11.7. The number of hydrogen-bond donors (Lipinski definition) is 3. The average molecular weight is 330 g/mol. The van der Waals surface area contributed by atoms with Crippen molar-refractivity contribution in [1.82, 2.24) is 10.6 Å². The lowest BCUT2D eigenvalue weighted by Crippen LogP contribution is -2.61. The Balaban J connectivity index is 1.78. The summed E-state index contributed by atoms with van der Waals surface area (Å²) in [4.78, 5) is 11.7. The molecule has 1 heterocycles. The molecule has 5 nitrogen and oxygen atoms in total. The summed E-state index contributed by atoms with van der Waals surface area (Å²) >= 11 is 1.82. The predicted molar refractivity (Wildman–Crippen MR) is 89.2 cm³/mol. The van der Waals surface area contributed by atoms with E-state index in [9.17, 15) is 9.90 Å². The third-order valence-electron chi connectivity index (χ3n) is 5.08. The Hall–Kier alpha value is -0.300. The normalized spacial score (nSPS) is 39.5. The first-order valence-corrected chi connectivity index (χ1v) is 9.49. The van der Waals surface area contributed by atoms with Crippen molar-refractivity contribution in [1.29, 1.82) is 0 Å². The second kappa shape index (κ2) is 8.52. The molecule has 6 unspecified atom stereocenters. The van der Waals surface area contributed by atoms with E-state index in [0.717, 1.165) is 31.4 Å². The molecule has 0 aromatic carbocycles. The number of methoxy groups -OCH3 is 1. The van der Waals surface area contributed by atoms with Gasteiger partial charge in [0.05, 0.1) is 13.0 Å². The lowest BCUT2D eigenvalue weighted by Gasteiger charge is -2.40. The molecule has 6 atom stereocenters. The zero-order chi connectivity index (χ0) is 16.1. The maximum atomic E-state index is 11.7. The standard InChI is InChI=1S/C16H30N2O3S/c1-4-13-10(2)14(19)18-16(17-13)22-9-11-6-5-7-12(8-11)15(20)21-3/h10-14,16-19H,4-9H2,1-3H3. The Bertz CT molecular complexity index is 369. The van der Waals surface area contributed by atoms with Gasteiger partial charge < -0.3 is 9.84 Å². The van der Waals surface area contributed by atoms with Crippen molar-refractivity contribution in [2.24, 2.45) is 17.8 Å². The molecule has 22 heavy (non-hydrogen) atoms. The van der Waals surface area contributed by atoms with Crippen LogP contribution in [0.5, 0.6) is 0 Å². The van der Waals surface area contributed by atoms with Crippen molar-refractivity contribution in [3.05, 3.63) is 0 Å². The molecule has 0 bridgehead atoms. The van der Waals surface area contributed by atoms with Crippen LogP contribution in [-0.2, 0) is 9.53 Å². The highest BCUT2D eigenvalue weighted by atomic mass is 32.2. The van der Waals surface area contributed by atoms with Crippen molar-refractivity contribution in [3.63, 3.8) is 0 Å². The largest absolute Gasteiger partial charge is 0.469 e. The number of hydrogen-bond acceptors (Lipinski definition) is 6. The molecule has 0 spiro atoms. The molecule has 0 radical (unpaired) electrons. The topological polar surface area (TPSA) is 70.6 Å². The molecule has 128 valence electrons. The summed E-state index contributed by atoms with van der Waals surface area (Å²) in [5.41, 5.74) is 0.0923. The number of esters is 1. The van der Waals surface area contributed by atoms with Crippen LogP contribution in [0.4, 0.5) is 0 Å². The van der Waals surface area contributed by atoms with Gasteiger partial charge in [0.15, 0.2) is 0 Å². The summed E-state index contributed by atoms with van der Waals surface area (Å²) in [5.74, 6) is 1.81. The van der Waals surface area contributed by atoms with Gasteiger partial charge in [-0.3, -0.25) is 15.4 Å². The summed E-state index contributed by atoms with van der Waals surface area (Å²) < 4.78 is 4.88. The van der Waals surface area contributed by atoms with Crippen LogP contribution in [0.2, 0.25) is 0 Å². The lowest BCUT2D eigenvalue weighted by atomic mass is 9.82. The number of carbonyl (C=O) groups is 1. The predicted octanol–water partition coefficient (Wildman–Crippen LogP) is 1.91. The van der Waals surface area contributed by atoms with Crippen LogP contribution in [0.1, 0.15) is 46.0 Å². The highest BCUT2D eigenvalue weighted by molar-refractivity contribution is 7.99. The fraction of sp³-hybridized carbons (Fsp3) is 0.938. The zero-order valence-corrected chi connectivity index (χ0v) is 14.7. The molecule has 6 heteroatoms. The molecule has 1 aliphatic heterocycles. The van der Waals surface area contributed by atoms with Gasteiger partial charge in [0.2, 0.25) is 0 Å². The Kier molecular flexibility index (Phi) is 6.99. The van der Waals surface area contributed by atoms with E-state index in [0.29, 0.717) is 12.0 Å². The first-order chi connectivity index (χ1) is 10.5. The van der Waals surface area contributed by atoms with Gasteiger partial charge in [0.25, 0.3) is 0 Å². The Morgan fingerprint density at radius 3 is 2.82 bits per heavy atom. The van der Waals surface area contributed by atoms with Gasteiger partial charge in [-0.1, -0.05) is 20.3 Å². The quantitative estimate of drug-likeness (QED) is 0.669. The van der Waals surface area contributed by atoms with E-state index in [-0.39, 0.29) is 23.3 Å². The Labute approximate surface area is 137 Å². The van der Waals surface area contributed by atoms with Crippen molar-refractivity contribution in [3.8, 4) is 0 Å². The Morgan fingerprint density at radius 2 is 2.14 bits per heavy atom. The van der Waals surface area contributed by atoms with E-state index in [1.54, 1.807) is 0 Å². The van der Waals surface area contributed by atoms with E-state index in [1.807, 2.05) is 11.8 Å². The minimum Gasteiger partial charge on any atom is -0.469 e. The molecule has 0 aromatic heterocycles. The van der Waals surface area contributed by atoms with E-state index in [2.05, 4.69) is 24.5 Å². The van der Waals surface area contributed by atoms with Gasteiger partial charge >= 0.3 is 5.97 Å². The fourth-order valence-electron chi connectivity index (χ4n) is 3.56. The van der Waals surface area contributed by atoms with Crippen LogP contribution in [0.25, 0.3) is 0 Å². The Morgan fingerprint density at radius 1 is 1.36 bits per heavy atom. The minimum absolute atomic E-state index is 0.0566. The molecule has 1 saturated heterocycles. The van der Waals surface area contributed by atoms with Crippen molar-refractivity contribution in [2.75, 3.05) is 12.9 Å². The van der Waals surface area contributed by atoms with Crippen LogP contribution in [0.15, 0.2) is 0 Å². The van der Waals surface area contributed by atoms with Gasteiger partial charge in [0, 0.05) is 12.0 Å². The number of aliphatic hydroxyl groups is 1. The van der Waals surface area contributed by atoms with Gasteiger partial charge in [-0.25, -0.2) is 0 Å². The van der Waals surface area contributed by atoms with Gasteiger partial charge in [-0.15, -0.1) is 11.8 Å². The van der Waals surface area contributed by atoms with Crippen molar-refractivity contribution >= 4 is 17.7 Å². The zero-order valence-electron chi connectivity index (χ0n) is 13.9. The van der Waals surface area contributed by atoms with Crippen LogP contribution < -0.4 is 10.6 Å². The second-order valence-electron chi connectivity index (χ2n) is 6.62. The first kappa shape index (κ1) is 18.0. The number of nitrogens with one attached hydrogen (secondary N) is 2. The lowest BCUT2D eigenvalue weighted by molar-refractivity contribution is -0.147. The summed E-state index contributed by atoms with van der Waals surface area (Å²) in [6.45, 7) is 4.22. The summed E-state index contributed by atoms with van der Waals surface area (Å²) in [6, 6.07) is 0.350. The fourth-order valence-corrected chi connectivity index (χ4v) is 4.84. The smallest absolute Gasteiger partial charge is 0.308 e. The molecular formula is C16H30N2O3S. The summed E-state index contributed by atoms with van der Waals surface area (Å²) in [5, 5.41) is 16.9. The maximum Gasteiger partial charge on any atom is 0.308 e. The number of rotatable bonds is 5. The monoisotopic (exact) mass is 330 g/mol. The van der Waals surface area contributed by atoms with E-state index < -0.39 is 6.23 Å². The molecule has 0 amide bonds. The molecule has 0 aromatic rings. The highest BCUT2D eigenvalue weighted by Crippen LogP contribution is 2.33. The molecular weight excluding hydrogens is 300 g/mol. The molecule has 2 rings (SSSR count). The first-order valence-electron chi connectivity index (χ1n) is 8.44. The molecule has 2 fully saturated rings. The van der Waals surface area contributed by atoms with Crippen LogP contribution >= 0.6 is 11.8 Å². The SMILES string of the molecule is CCC1NC(SCC2CCCC(C(=O)OC)C2)NC(O)C1C. The van der Waals surface area contributed by atoms with E-state index >= 15 is 0 Å². The second-order valence-corrected chi connectivity index (χ2v) is 7.76. The number of ether oxygens (including phenoxy) is 1. The van der Waals surface area contributed by atoms with E-state index in [4.69, 9.17) is 4.74 Å². The van der Waals surface area contributed by atoms with Gasteiger partial charge in [0.1, 0.15) is 11.7 Å². The minimum atomic E-state index is -0.446. The molecule has 1 saturated carbocycles. The van der Waals surface area contributed by atoms with Crippen LogP contribution in [-0.4, -0.2) is 41.7 Å². The van der Waals surface area contributed by atoms with Gasteiger partial charge in [-0.05, 0) is 37.4 Å². The number of aliphatic hydroxyl groups excluding tert-OH is 1. The third-order valence-corrected chi connectivity index (χ3v) is 6.35. The average Bonchev–Trinajstić information content (AvgIpc) is 2.55. The van der Waals surface area contributed by atoms with Crippen molar-refractivity contribution < 1.29 is 14.6 Å². The number of carbonyl (C=O) groups excluding carboxylic acids is 1. The molecule has 3 N–H and O–H groups in total.